The summed E-state index contributed by atoms with van der Waals surface area (Å²) in [5.74, 6) is -0.406. The second-order valence-corrected chi connectivity index (χ2v) is 9.09. The smallest absolute Gasteiger partial charge is 0.264 e. The molecule has 0 atom stereocenters. The van der Waals surface area contributed by atoms with Crippen LogP contribution in [0.2, 0.25) is 10.0 Å². The fraction of sp³-hybridized carbons (Fsp3) is 0. The van der Waals surface area contributed by atoms with Gasteiger partial charge in [0, 0.05) is 27.9 Å². The van der Waals surface area contributed by atoms with Crippen LogP contribution >= 0.6 is 23.2 Å². The summed E-state index contributed by atoms with van der Waals surface area (Å²) < 4.78 is 28.3. The van der Waals surface area contributed by atoms with E-state index >= 15 is 0 Å². The number of fused-ring (bicyclic) bond motifs is 1. The molecule has 9 heteroatoms. The van der Waals surface area contributed by atoms with Crippen molar-refractivity contribution in [3.8, 4) is 0 Å². The van der Waals surface area contributed by atoms with Gasteiger partial charge in [0.25, 0.3) is 15.9 Å². The Morgan fingerprint density at radius 1 is 0.903 bits per heavy atom. The molecule has 0 radical (unpaired) electrons. The van der Waals surface area contributed by atoms with Gasteiger partial charge in [0.05, 0.1) is 16.2 Å². The highest BCUT2D eigenvalue weighted by Gasteiger charge is 2.18. The first kappa shape index (κ1) is 21.1. The van der Waals surface area contributed by atoms with E-state index in [1.165, 1.54) is 30.3 Å². The first-order valence-electron chi connectivity index (χ1n) is 9.06. The Hall–Kier alpha value is -3.13. The number of halogens is 2. The van der Waals surface area contributed by atoms with Gasteiger partial charge >= 0.3 is 0 Å². The fourth-order valence-electron chi connectivity index (χ4n) is 2.98. The Bertz CT molecular complexity index is 1390. The molecule has 1 amide bonds. The first-order valence-corrected chi connectivity index (χ1v) is 11.3. The van der Waals surface area contributed by atoms with Crippen molar-refractivity contribution in [1.29, 1.82) is 0 Å². The van der Waals surface area contributed by atoms with Gasteiger partial charge in [-0.1, -0.05) is 41.4 Å². The van der Waals surface area contributed by atoms with Gasteiger partial charge in [0.1, 0.15) is 4.90 Å². The van der Waals surface area contributed by atoms with E-state index in [2.05, 4.69) is 15.0 Å². The maximum Gasteiger partial charge on any atom is 0.264 e. The fourth-order valence-corrected chi connectivity index (χ4v) is 4.56. The van der Waals surface area contributed by atoms with Crippen molar-refractivity contribution in [2.24, 2.45) is 0 Å². The molecular formula is C22H15Cl2N3O3S. The van der Waals surface area contributed by atoms with E-state index in [0.717, 1.165) is 5.39 Å². The number of benzene rings is 3. The zero-order chi connectivity index (χ0) is 22.0. The number of anilines is 2. The first-order chi connectivity index (χ1) is 14.8. The van der Waals surface area contributed by atoms with Gasteiger partial charge in [-0.2, -0.15) is 0 Å². The van der Waals surface area contributed by atoms with Crippen molar-refractivity contribution in [1.82, 2.24) is 4.98 Å². The Kier molecular flexibility index (Phi) is 5.82. The number of para-hydroxylation sites is 1. The van der Waals surface area contributed by atoms with Crippen molar-refractivity contribution >= 4 is 61.4 Å². The highest BCUT2D eigenvalue weighted by Crippen LogP contribution is 2.27. The summed E-state index contributed by atoms with van der Waals surface area (Å²) in [6.07, 6.45) is 1.54. The molecule has 1 heterocycles. The summed E-state index contributed by atoms with van der Waals surface area (Å²) >= 11 is 12.0. The van der Waals surface area contributed by atoms with Crippen molar-refractivity contribution in [3.05, 3.63) is 94.6 Å². The van der Waals surface area contributed by atoms with Crippen LogP contribution in [0.4, 0.5) is 11.4 Å². The zero-order valence-electron chi connectivity index (χ0n) is 15.8. The van der Waals surface area contributed by atoms with Crippen LogP contribution in [-0.2, 0) is 10.0 Å². The van der Waals surface area contributed by atoms with Gasteiger partial charge < -0.3 is 5.32 Å². The number of sulfonamides is 1. The summed E-state index contributed by atoms with van der Waals surface area (Å²) in [5, 5.41) is 4.19. The molecule has 31 heavy (non-hydrogen) atoms. The summed E-state index contributed by atoms with van der Waals surface area (Å²) in [4.78, 5) is 16.7. The van der Waals surface area contributed by atoms with Crippen LogP contribution in [0.25, 0.3) is 10.9 Å². The summed E-state index contributed by atoms with van der Waals surface area (Å²) in [6.45, 7) is 0. The molecule has 0 fully saturated rings. The lowest BCUT2D eigenvalue weighted by Crippen LogP contribution is -2.15. The number of pyridine rings is 1. The minimum atomic E-state index is -3.88. The van der Waals surface area contributed by atoms with E-state index in [4.69, 9.17) is 23.2 Å². The highest BCUT2D eigenvalue weighted by molar-refractivity contribution is 7.93. The number of hydrogen-bond donors (Lipinski definition) is 2. The van der Waals surface area contributed by atoms with Crippen molar-refractivity contribution in [3.63, 3.8) is 0 Å². The standard InChI is InChI=1S/C22H15Cl2N3O3S/c23-16-8-11-18(24)19(13-16)26-22(28)15-6-9-17(10-7-15)27-31(29,30)20-5-1-3-14-4-2-12-25-21(14)20/h1-13,27H,(H,26,28). The molecule has 1 aromatic heterocycles. The Labute approximate surface area is 188 Å². The molecular weight excluding hydrogens is 457 g/mol. The number of rotatable bonds is 5. The van der Waals surface area contributed by atoms with Crippen LogP contribution in [0.15, 0.2) is 83.9 Å². The molecule has 0 aliphatic heterocycles. The third-order valence-electron chi connectivity index (χ3n) is 4.46. The maximum absolute atomic E-state index is 12.9. The lowest BCUT2D eigenvalue weighted by Gasteiger charge is -2.11. The molecule has 156 valence electrons. The van der Waals surface area contributed by atoms with Crippen LogP contribution in [0.5, 0.6) is 0 Å². The van der Waals surface area contributed by atoms with Gasteiger partial charge in [-0.05, 0) is 54.6 Å². The number of amides is 1. The molecule has 0 spiro atoms. The summed E-state index contributed by atoms with van der Waals surface area (Å²) in [5.41, 5.74) is 1.40. The number of carbonyl (C=O) groups excluding carboxylic acids is 1. The molecule has 4 rings (SSSR count). The Morgan fingerprint density at radius 2 is 1.65 bits per heavy atom. The molecule has 0 saturated carbocycles. The predicted octanol–water partition coefficient (Wildman–Crippen LogP) is 5.59. The Balaban J connectivity index is 1.54. The van der Waals surface area contributed by atoms with Gasteiger partial charge in [-0.3, -0.25) is 14.5 Å². The molecule has 0 aliphatic carbocycles. The van der Waals surface area contributed by atoms with Crippen molar-refractivity contribution in [2.75, 3.05) is 10.0 Å². The molecule has 3 aromatic carbocycles. The second kappa shape index (κ2) is 8.55. The minimum Gasteiger partial charge on any atom is -0.321 e. The van der Waals surface area contributed by atoms with E-state index < -0.39 is 15.9 Å². The molecule has 6 nitrogen and oxygen atoms in total. The van der Waals surface area contributed by atoms with Gasteiger partial charge in [-0.25, -0.2) is 8.42 Å². The second-order valence-electron chi connectivity index (χ2n) is 6.59. The molecule has 0 bridgehead atoms. The van der Waals surface area contributed by atoms with E-state index in [1.807, 2.05) is 0 Å². The van der Waals surface area contributed by atoms with Gasteiger partial charge in [-0.15, -0.1) is 0 Å². The monoisotopic (exact) mass is 471 g/mol. The summed E-state index contributed by atoms with van der Waals surface area (Å²) in [7, 11) is -3.88. The van der Waals surface area contributed by atoms with Crippen LogP contribution in [0.1, 0.15) is 10.4 Å². The van der Waals surface area contributed by atoms with E-state index in [9.17, 15) is 13.2 Å². The summed E-state index contributed by atoms with van der Waals surface area (Å²) in [6, 6.07) is 19.2. The van der Waals surface area contributed by atoms with Gasteiger partial charge in [0.15, 0.2) is 0 Å². The quantitative estimate of drug-likeness (QED) is 0.396. The van der Waals surface area contributed by atoms with Crippen molar-refractivity contribution in [2.45, 2.75) is 4.90 Å². The highest BCUT2D eigenvalue weighted by atomic mass is 35.5. The maximum atomic E-state index is 12.9. The minimum absolute atomic E-state index is 0.0722. The third kappa shape index (κ3) is 4.64. The van der Waals surface area contributed by atoms with Crippen LogP contribution in [0, 0.1) is 0 Å². The topological polar surface area (TPSA) is 88.2 Å². The predicted molar refractivity (Wildman–Crippen MR) is 123 cm³/mol. The number of carbonyl (C=O) groups is 1. The average Bonchev–Trinajstić information content (AvgIpc) is 2.76. The van der Waals surface area contributed by atoms with Crippen LogP contribution < -0.4 is 10.0 Å². The van der Waals surface area contributed by atoms with Crippen LogP contribution in [0.3, 0.4) is 0 Å². The zero-order valence-corrected chi connectivity index (χ0v) is 18.2. The number of nitrogens with one attached hydrogen (secondary N) is 2. The molecule has 2 N–H and O–H groups in total. The third-order valence-corrected chi connectivity index (χ3v) is 6.44. The number of hydrogen-bond acceptors (Lipinski definition) is 4. The molecule has 0 unspecified atom stereocenters. The molecule has 0 saturated heterocycles. The van der Waals surface area contributed by atoms with E-state index in [0.29, 0.717) is 32.5 Å². The average molecular weight is 472 g/mol. The number of nitrogens with zero attached hydrogens (tertiary/aromatic N) is 1. The lowest BCUT2D eigenvalue weighted by atomic mass is 10.2. The molecule has 4 aromatic rings. The Morgan fingerprint density at radius 3 is 2.42 bits per heavy atom. The number of aromatic nitrogens is 1. The molecule has 0 aliphatic rings. The van der Waals surface area contributed by atoms with Gasteiger partial charge in [0.2, 0.25) is 0 Å². The normalized spacial score (nSPS) is 11.3. The SMILES string of the molecule is O=C(Nc1cc(Cl)ccc1Cl)c1ccc(NS(=O)(=O)c2cccc3cccnc23)cc1. The van der Waals surface area contributed by atoms with E-state index in [1.54, 1.807) is 48.7 Å². The lowest BCUT2D eigenvalue weighted by molar-refractivity contribution is 0.102. The largest absolute Gasteiger partial charge is 0.321 e. The van der Waals surface area contributed by atoms with Crippen LogP contribution in [-0.4, -0.2) is 19.3 Å². The van der Waals surface area contributed by atoms with Crippen molar-refractivity contribution < 1.29 is 13.2 Å². The van der Waals surface area contributed by atoms with E-state index in [-0.39, 0.29) is 4.90 Å².